The van der Waals surface area contributed by atoms with E-state index in [0.29, 0.717) is 12.6 Å². The van der Waals surface area contributed by atoms with Crippen molar-refractivity contribution in [2.75, 3.05) is 32.8 Å². The second-order valence-electron chi connectivity index (χ2n) is 5.19. The number of nitrogens with two attached hydrogens (primary N) is 1. The number of hydrogen-bond acceptors (Lipinski definition) is 4. The highest BCUT2D eigenvalue weighted by Crippen LogP contribution is 2.32. The summed E-state index contributed by atoms with van der Waals surface area (Å²) < 4.78 is 5.54. The Morgan fingerprint density at radius 3 is 3.00 bits per heavy atom. The summed E-state index contributed by atoms with van der Waals surface area (Å²) in [5.74, 6) is 0. The van der Waals surface area contributed by atoms with E-state index in [2.05, 4.69) is 4.90 Å². The summed E-state index contributed by atoms with van der Waals surface area (Å²) in [6, 6.07) is 0.555. The van der Waals surface area contributed by atoms with E-state index >= 15 is 0 Å². The van der Waals surface area contributed by atoms with Crippen LogP contribution in [-0.4, -0.2) is 61.1 Å². The molecule has 0 aliphatic carbocycles. The van der Waals surface area contributed by atoms with Gasteiger partial charge in [-0.2, -0.15) is 0 Å². The molecule has 0 bridgehead atoms. The molecular weight excluding hydrogens is 218 g/mol. The van der Waals surface area contributed by atoms with E-state index in [0.717, 1.165) is 45.5 Å². The standard InChI is InChI=1S/C12H19N3O2/c13-10-3-11(7-17-6-10)15-2-1-9-4-14(8-16)5-12(9)15/h8,10-11H,1-7,13H2. The van der Waals surface area contributed by atoms with Crippen molar-refractivity contribution in [2.24, 2.45) is 5.73 Å². The van der Waals surface area contributed by atoms with Gasteiger partial charge in [-0.3, -0.25) is 4.79 Å². The van der Waals surface area contributed by atoms with Gasteiger partial charge in [0.2, 0.25) is 6.41 Å². The van der Waals surface area contributed by atoms with Crippen molar-refractivity contribution in [1.82, 2.24) is 9.80 Å². The average Bonchev–Trinajstić information content (AvgIpc) is 2.87. The minimum absolute atomic E-state index is 0.155. The monoisotopic (exact) mass is 237 g/mol. The van der Waals surface area contributed by atoms with Crippen molar-refractivity contribution in [3.8, 4) is 0 Å². The summed E-state index contributed by atoms with van der Waals surface area (Å²) in [7, 11) is 0. The predicted molar refractivity (Wildman–Crippen MR) is 63.2 cm³/mol. The first kappa shape index (κ1) is 11.0. The van der Waals surface area contributed by atoms with Gasteiger partial charge in [0, 0.05) is 24.8 Å². The van der Waals surface area contributed by atoms with Crippen LogP contribution in [0.25, 0.3) is 0 Å². The van der Waals surface area contributed by atoms with Gasteiger partial charge in [-0.25, -0.2) is 0 Å². The molecule has 0 aromatic carbocycles. The molecule has 3 rings (SSSR count). The lowest BCUT2D eigenvalue weighted by molar-refractivity contribution is -0.117. The Hall–Kier alpha value is -1.07. The fourth-order valence-corrected chi connectivity index (χ4v) is 3.14. The minimum Gasteiger partial charge on any atom is -0.378 e. The van der Waals surface area contributed by atoms with Crippen molar-refractivity contribution in [3.63, 3.8) is 0 Å². The molecule has 0 saturated carbocycles. The Morgan fingerprint density at radius 2 is 2.24 bits per heavy atom. The molecule has 2 atom stereocenters. The lowest BCUT2D eigenvalue weighted by Gasteiger charge is -2.36. The van der Waals surface area contributed by atoms with Crippen molar-refractivity contribution in [1.29, 1.82) is 0 Å². The Morgan fingerprint density at radius 1 is 1.35 bits per heavy atom. The normalized spacial score (nSPS) is 33.2. The summed E-state index contributed by atoms with van der Waals surface area (Å²) in [6.45, 7) is 4.10. The zero-order chi connectivity index (χ0) is 11.8. The molecule has 3 aliphatic rings. The van der Waals surface area contributed by atoms with Crippen molar-refractivity contribution in [3.05, 3.63) is 11.3 Å². The molecular formula is C12H19N3O2. The van der Waals surface area contributed by atoms with Gasteiger partial charge in [-0.05, 0) is 18.4 Å². The number of rotatable bonds is 2. The van der Waals surface area contributed by atoms with Crippen LogP contribution < -0.4 is 5.73 Å². The maximum Gasteiger partial charge on any atom is 0.210 e. The third-order valence-corrected chi connectivity index (χ3v) is 3.96. The van der Waals surface area contributed by atoms with Crippen LogP contribution >= 0.6 is 0 Å². The Kier molecular flexibility index (Phi) is 2.80. The number of amides is 1. The second-order valence-corrected chi connectivity index (χ2v) is 5.19. The van der Waals surface area contributed by atoms with Crippen LogP contribution in [0.2, 0.25) is 0 Å². The molecule has 5 heteroatoms. The van der Waals surface area contributed by atoms with E-state index < -0.39 is 0 Å². The van der Waals surface area contributed by atoms with E-state index in [1.807, 2.05) is 4.90 Å². The SMILES string of the molecule is NC1COCC(N2CCC3=C2CN(C=O)C3)C1. The summed E-state index contributed by atoms with van der Waals surface area (Å²) in [6.07, 6.45) is 3.03. The molecule has 2 unspecified atom stereocenters. The summed E-state index contributed by atoms with van der Waals surface area (Å²) >= 11 is 0. The average molecular weight is 237 g/mol. The molecule has 94 valence electrons. The van der Waals surface area contributed by atoms with Gasteiger partial charge in [0.1, 0.15) is 0 Å². The maximum atomic E-state index is 10.8. The Bertz CT molecular complexity index is 356. The van der Waals surface area contributed by atoms with E-state index in [1.54, 1.807) is 0 Å². The van der Waals surface area contributed by atoms with Crippen LogP contribution in [0.5, 0.6) is 0 Å². The summed E-state index contributed by atoms with van der Waals surface area (Å²) in [5.41, 5.74) is 8.72. The van der Waals surface area contributed by atoms with Gasteiger partial charge in [0.15, 0.2) is 0 Å². The highest BCUT2D eigenvalue weighted by atomic mass is 16.5. The molecule has 0 aromatic rings. The summed E-state index contributed by atoms with van der Waals surface area (Å²) in [4.78, 5) is 15.1. The number of carbonyl (C=O) groups is 1. The number of carbonyl (C=O) groups excluding carboxylic acids is 1. The van der Waals surface area contributed by atoms with Crippen molar-refractivity contribution < 1.29 is 9.53 Å². The van der Waals surface area contributed by atoms with Crippen molar-refractivity contribution in [2.45, 2.75) is 24.9 Å². The number of nitrogens with zero attached hydrogens (tertiary/aromatic N) is 2. The van der Waals surface area contributed by atoms with E-state index in [-0.39, 0.29) is 6.04 Å². The molecule has 0 aromatic heterocycles. The molecule has 2 N–H and O–H groups in total. The fourth-order valence-electron chi connectivity index (χ4n) is 3.14. The Balaban J connectivity index is 1.70. The van der Waals surface area contributed by atoms with E-state index in [4.69, 9.17) is 10.5 Å². The van der Waals surface area contributed by atoms with E-state index in [9.17, 15) is 4.79 Å². The van der Waals surface area contributed by atoms with Gasteiger partial charge in [-0.15, -0.1) is 0 Å². The van der Waals surface area contributed by atoms with Crippen LogP contribution in [0, 0.1) is 0 Å². The first-order chi connectivity index (χ1) is 8.28. The van der Waals surface area contributed by atoms with Crippen LogP contribution in [0.4, 0.5) is 0 Å². The molecule has 1 amide bonds. The maximum absolute atomic E-state index is 10.8. The molecule has 17 heavy (non-hydrogen) atoms. The van der Waals surface area contributed by atoms with E-state index in [1.165, 1.54) is 11.3 Å². The lowest BCUT2D eigenvalue weighted by Crippen LogP contribution is -2.47. The molecule has 0 radical (unpaired) electrons. The quantitative estimate of drug-likeness (QED) is 0.660. The second kappa shape index (κ2) is 4.31. The first-order valence-electron chi connectivity index (χ1n) is 6.28. The first-order valence-corrected chi connectivity index (χ1v) is 6.28. The van der Waals surface area contributed by atoms with Crippen LogP contribution in [0.1, 0.15) is 12.8 Å². The molecule has 0 spiro atoms. The van der Waals surface area contributed by atoms with Gasteiger partial charge in [0.25, 0.3) is 0 Å². The third kappa shape index (κ3) is 1.93. The highest BCUT2D eigenvalue weighted by molar-refractivity contribution is 5.51. The number of hydrogen-bond donors (Lipinski definition) is 1. The smallest absolute Gasteiger partial charge is 0.210 e. The minimum atomic E-state index is 0.155. The van der Waals surface area contributed by atoms with Crippen LogP contribution in [0.3, 0.4) is 0 Å². The number of ether oxygens (including phenoxy) is 1. The topological polar surface area (TPSA) is 58.8 Å². The van der Waals surface area contributed by atoms with Gasteiger partial charge >= 0.3 is 0 Å². The third-order valence-electron chi connectivity index (χ3n) is 3.96. The van der Waals surface area contributed by atoms with Crippen LogP contribution in [0.15, 0.2) is 11.3 Å². The Labute approximate surface area is 101 Å². The van der Waals surface area contributed by atoms with Gasteiger partial charge in [0.05, 0.1) is 25.8 Å². The molecule has 5 nitrogen and oxygen atoms in total. The lowest BCUT2D eigenvalue weighted by atomic mass is 10.0. The predicted octanol–water partition coefficient (Wildman–Crippen LogP) is -0.466. The molecule has 1 fully saturated rings. The largest absolute Gasteiger partial charge is 0.378 e. The fraction of sp³-hybridized carbons (Fsp3) is 0.750. The van der Waals surface area contributed by atoms with Crippen LogP contribution in [-0.2, 0) is 9.53 Å². The molecule has 3 aliphatic heterocycles. The highest BCUT2D eigenvalue weighted by Gasteiger charge is 2.35. The zero-order valence-electron chi connectivity index (χ0n) is 9.97. The van der Waals surface area contributed by atoms with Crippen molar-refractivity contribution >= 4 is 6.41 Å². The van der Waals surface area contributed by atoms with Gasteiger partial charge < -0.3 is 20.3 Å². The molecule has 3 heterocycles. The summed E-state index contributed by atoms with van der Waals surface area (Å²) in [5, 5.41) is 0. The van der Waals surface area contributed by atoms with Gasteiger partial charge in [-0.1, -0.05) is 0 Å². The molecule has 1 saturated heterocycles. The zero-order valence-corrected chi connectivity index (χ0v) is 9.97.